The normalized spacial score (nSPS) is 14.2. The lowest BCUT2D eigenvalue weighted by molar-refractivity contribution is 0.0746. The van der Waals surface area contributed by atoms with Crippen LogP contribution in [0.1, 0.15) is 15.9 Å². The lowest BCUT2D eigenvalue weighted by atomic mass is 10.1. The van der Waals surface area contributed by atoms with Crippen LogP contribution in [0.4, 0.5) is 5.69 Å². The highest BCUT2D eigenvalue weighted by Crippen LogP contribution is 2.26. The largest absolute Gasteiger partial charge is 0.495 e. The van der Waals surface area contributed by atoms with Gasteiger partial charge in [-0.15, -0.1) is 0 Å². The molecule has 178 valence electrons. The minimum Gasteiger partial charge on any atom is -0.495 e. The van der Waals surface area contributed by atoms with E-state index < -0.39 is 10.0 Å². The molecule has 0 unspecified atom stereocenters. The summed E-state index contributed by atoms with van der Waals surface area (Å²) in [7, 11) is -2.50. The number of piperazine rings is 1. The molecule has 0 saturated carbocycles. The molecule has 1 N–H and O–H groups in total. The van der Waals surface area contributed by atoms with Crippen molar-refractivity contribution >= 4 is 33.2 Å². The molecule has 1 saturated heterocycles. The summed E-state index contributed by atoms with van der Waals surface area (Å²) in [5.41, 5.74) is 2.15. The van der Waals surface area contributed by atoms with Crippen LogP contribution >= 0.6 is 11.6 Å². The average molecular weight is 500 g/mol. The molecule has 1 heterocycles. The van der Waals surface area contributed by atoms with Gasteiger partial charge < -0.3 is 14.5 Å². The lowest BCUT2D eigenvalue weighted by Gasteiger charge is -2.36. The van der Waals surface area contributed by atoms with Crippen molar-refractivity contribution in [3.05, 3.63) is 88.9 Å². The van der Waals surface area contributed by atoms with Gasteiger partial charge in [0, 0.05) is 49.0 Å². The molecular weight excluding hydrogens is 474 g/mol. The number of hydrogen-bond acceptors (Lipinski definition) is 5. The molecule has 0 bridgehead atoms. The number of anilines is 1. The molecule has 0 atom stereocenters. The Kier molecular flexibility index (Phi) is 7.41. The van der Waals surface area contributed by atoms with Crippen LogP contribution in [0, 0.1) is 0 Å². The maximum atomic E-state index is 13.2. The summed E-state index contributed by atoms with van der Waals surface area (Å²) < 4.78 is 33.9. The smallest absolute Gasteiger partial charge is 0.254 e. The number of benzene rings is 3. The van der Waals surface area contributed by atoms with Crippen LogP contribution < -0.4 is 14.4 Å². The van der Waals surface area contributed by atoms with Crippen LogP contribution in [-0.2, 0) is 16.6 Å². The van der Waals surface area contributed by atoms with Crippen molar-refractivity contribution in [2.45, 2.75) is 11.4 Å². The number of ether oxygens (including phenoxy) is 1. The summed E-state index contributed by atoms with van der Waals surface area (Å²) in [6.07, 6.45) is 0. The van der Waals surface area contributed by atoms with Crippen molar-refractivity contribution in [2.75, 3.05) is 38.2 Å². The van der Waals surface area contributed by atoms with Gasteiger partial charge >= 0.3 is 0 Å². The van der Waals surface area contributed by atoms with E-state index in [0.717, 1.165) is 11.3 Å². The first-order chi connectivity index (χ1) is 16.4. The van der Waals surface area contributed by atoms with Crippen molar-refractivity contribution < 1.29 is 17.9 Å². The number of sulfonamides is 1. The highest BCUT2D eigenvalue weighted by molar-refractivity contribution is 7.89. The summed E-state index contributed by atoms with van der Waals surface area (Å²) in [5.74, 6) is -0.0317. The number of carbonyl (C=O) groups is 1. The van der Waals surface area contributed by atoms with E-state index in [0.29, 0.717) is 36.8 Å². The number of rotatable bonds is 7. The number of carbonyl (C=O) groups excluding carboxylic acids is 1. The first kappa shape index (κ1) is 24.1. The number of hydrogen-bond donors (Lipinski definition) is 1. The summed E-state index contributed by atoms with van der Waals surface area (Å²) in [4.78, 5) is 17.0. The van der Waals surface area contributed by atoms with E-state index in [1.807, 2.05) is 54.6 Å². The topological polar surface area (TPSA) is 79.0 Å². The van der Waals surface area contributed by atoms with Crippen LogP contribution in [0.25, 0.3) is 0 Å². The minimum atomic E-state index is -3.90. The molecule has 4 rings (SSSR count). The zero-order valence-electron chi connectivity index (χ0n) is 18.8. The Hall–Kier alpha value is -3.07. The van der Waals surface area contributed by atoms with Crippen molar-refractivity contribution in [3.63, 3.8) is 0 Å². The second kappa shape index (κ2) is 10.5. The standard InChI is InChI=1S/C25H26ClN3O4S/c1-33-23-11-10-20(16-24(23)34(31,32)27-18-19-6-3-2-4-7-19)25(30)29-14-12-28(13-15-29)22-9-5-8-21(26)17-22/h2-11,16-17,27H,12-15,18H2,1H3. The van der Waals surface area contributed by atoms with Gasteiger partial charge in [-0.05, 0) is 42.0 Å². The number of halogens is 1. The third-order valence-corrected chi connectivity index (χ3v) is 7.41. The van der Waals surface area contributed by atoms with Gasteiger partial charge in [-0.2, -0.15) is 0 Å². The van der Waals surface area contributed by atoms with E-state index in [2.05, 4.69) is 9.62 Å². The van der Waals surface area contributed by atoms with Crippen molar-refractivity contribution in [1.82, 2.24) is 9.62 Å². The first-order valence-electron chi connectivity index (χ1n) is 10.9. The predicted molar refractivity (Wildman–Crippen MR) is 133 cm³/mol. The highest BCUT2D eigenvalue weighted by atomic mass is 35.5. The van der Waals surface area contributed by atoms with Gasteiger partial charge in [-0.3, -0.25) is 4.79 Å². The van der Waals surface area contributed by atoms with Gasteiger partial charge in [0.25, 0.3) is 5.91 Å². The minimum absolute atomic E-state index is 0.0608. The van der Waals surface area contributed by atoms with E-state index in [1.165, 1.54) is 19.2 Å². The summed E-state index contributed by atoms with van der Waals surface area (Å²) in [6, 6.07) is 21.4. The molecule has 0 spiro atoms. The van der Waals surface area contributed by atoms with E-state index in [1.54, 1.807) is 11.0 Å². The Labute approximate surface area is 205 Å². The van der Waals surface area contributed by atoms with E-state index in [4.69, 9.17) is 16.3 Å². The molecule has 3 aromatic carbocycles. The molecule has 34 heavy (non-hydrogen) atoms. The van der Waals surface area contributed by atoms with Crippen LogP contribution in [0.15, 0.2) is 77.7 Å². The van der Waals surface area contributed by atoms with Gasteiger partial charge in [0.05, 0.1) is 7.11 Å². The fourth-order valence-electron chi connectivity index (χ4n) is 3.89. The Morgan fingerprint density at radius 2 is 1.71 bits per heavy atom. The van der Waals surface area contributed by atoms with Crippen LogP contribution in [0.2, 0.25) is 5.02 Å². The molecule has 1 aliphatic rings. The number of nitrogens with zero attached hydrogens (tertiary/aromatic N) is 2. The third kappa shape index (κ3) is 5.52. The average Bonchev–Trinajstić information content (AvgIpc) is 2.87. The van der Waals surface area contributed by atoms with Gasteiger partial charge in [-0.1, -0.05) is 48.0 Å². The molecule has 9 heteroatoms. The molecule has 0 aliphatic carbocycles. The third-order valence-electron chi connectivity index (χ3n) is 5.75. The fourth-order valence-corrected chi connectivity index (χ4v) is 5.29. The fraction of sp³-hybridized carbons (Fsp3) is 0.240. The molecular formula is C25H26ClN3O4S. The Balaban J connectivity index is 1.48. The monoisotopic (exact) mass is 499 g/mol. The van der Waals surface area contributed by atoms with Gasteiger partial charge in [0.1, 0.15) is 10.6 Å². The van der Waals surface area contributed by atoms with Crippen molar-refractivity contribution in [1.29, 1.82) is 0 Å². The second-order valence-corrected chi connectivity index (χ2v) is 10.1. The van der Waals surface area contributed by atoms with Gasteiger partial charge in [-0.25, -0.2) is 13.1 Å². The molecule has 3 aromatic rings. The Bertz CT molecular complexity index is 1260. The Morgan fingerprint density at radius 3 is 2.38 bits per heavy atom. The second-order valence-electron chi connectivity index (χ2n) is 7.93. The zero-order chi connectivity index (χ0) is 24.1. The first-order valence-corrected chi connectivity index (χ1v) is 12.7. The summed E-state index contributed by atoms with van der Waals surface area (Å²) >= 11 is 6.10. The lowest BCUT2D eigenvalue weighted by Crippen LogP contribution is -2.48. The molecule has 0 radical (unpaired) electrons. The maximum absolute atomic E-state index is 13.2. The highest BCUT2D eigenvalue weighted by Gasteiger charge is 2.26. The van der Waals surface area contributed by atoms with E-state index in [-0.39, 0.29) is 23.1 Å². The molecule has 0 aromatic heterocycles. The summed E-state index contributed by atoms with van der Waals surface area (Å²) in [6.45, 7) is 2.49. The van der Waals surface area contributed by atoms with E-state index >= 15 is 0 Å². The zero-order valence-corrected chi connectivity index (χ0v) is 20.3. The molecule has 1 aliphatic heterocycles. The molecule has 1 amide bonds. The van der Waals surface area contributed by atoms with Gasteiger partial charge in [0.15, 0.2) is 0 Å². The number of amides is 1. The van der Waals surface area contributed by atoms with Gasteiger partial charge in [0.2, 0.25) is 10.0 Å². The van der Waals surface area contributed by atoms with Crippen LogP contribution in [-0.4, -0.2) is 52.5 Å². The van der Waals surface area contributed by atoms with Crippen LogP contribution in [0.5, 0.6) is 5.75 Å². The Morgan fingerprint density at radius 1 is 0.971 bits per heavy atom. The number of nitrogens with one attached hydrogen (secondary N) is 1. The number of methoxy groups -OCH3 is 1. The summed E-state index contributed by atoms with van der Waals surface area (Å²) in [5, 5.41) is 0.670. The van der Waals surface area contributed by atoms with Crippen molar-refractivity contribution in [2.24, 2.45) is 0 Å². The van der Waals surface area contributed by atoms with E-state index in [9.17, 15) is 13.2 Å². The SMILES string of the molecule is COc1ccc(C(=O)N2CCN(c3cccc(Cl)c3)CC2)cc1S(=O)(=O)NCc1ccccc1. The quantitative estimate of drug-likeness (QED) is 0.535. The van der Waals surface area contributed by atoms with Crippen molar-refractivity contribution in [3.8, 4) is 5.75 Å². The van der Waals surface area contributed by atoms with Crippen LogP contribution in [0.3, 0.4) is 0 Å². The maximum Gasteiger partial charge on any atom is 0.254 e. The molecule has 7 nitrogen and oxygen atoms in total. The predicted octanol–water partition coefficient (Wildman–Crippen LogP) is 3.79. The molecule has 1 fully saturated rings.